The number of esters is 1. The molecule has 0 bridgehead atoms. The number of benzene rings is 2. The van der Waals surface area contributed by atoms with E-state index in [9.17, 15) is 22.8 Å². The van der Waals surface area contributed by atoms with E-state index in [4.69, 9.17) is 9.47 Å². The molecule has 0 aromatic heterocycles. The minimum Gasteiger partial charge on any atom is -0.496 e. The molecular weight excluding hydrogens is 411 g/mol. The number of hydrogen-bond acceptors (Lipinski definition) is 4. The summed E-state index contributed by atoms with van der Waals surface area (Å²) in [4.78, 5) is 24.8. The van der Waals surface area contributed by atoms with Gasteiger partial charge in [-0.15, -0.1) is 0 Å². The van der Waals surface area contributed by atoms with Gasteiger partial charge in [0, 0.05) is 6.54 Å². The maximum atomic E-state index is 12.7. The molecule has 0 radical (unpaired) electrons. The Kier molecular flexibility index (Phi) is 8.47. The van der Waals surface area contributed by atoms with E-state index >= 15 is 0 Å². The molecule has 2 rings (SSSR count). The van der Waals surface area contributed by atoms with Gasteiger partial charge in [-0.1, -0.05) is 25.1 Å². The second-order valence-electron chi connectivity index (χ2n) is 6.97. The second-order valence-corrected chi connectivity index (χ2v) is 6.97. The summed E-state index contributed by atoms with van der Waals surface area (Å²) < 4.78 is 48.4. The Hall–Kier alpha value is -3.03. The molecule has 0 aliphatic rings. The second kappa shape index (κ2) is 10.8. The number of ether oxygens (including phenoxy) is 2. The molecule has 168 valence electrons. The predicted octanol–water partition coefficient (Wildman–Crippen LogP) is 4.78. The van der Waals surface area contributed by atoms with Gasteiger partial charge in [-0.25, -0.2) is 0 Å². The fourth-order valence-corrected chi connectivity index (χ4v) is 3.09. The molecule has 1 N–H and O–H groups in total. The Morgan fingerprint density at radius 2 is 1.68 bits per heavy atom. The van der Waals surface area contributed by atoms with Crippen molar-refractivity contribution >= 4 is 11.9 Å². The van der Waals surface area contributed by atoms with Crippen LogP contribution in [-0.2, 0) is 28.7 Å². The fraction of sp³-hybridized carbons (Fsp3) is 0.391. The lowest BCUT2D eigenvalue weighted by Gasteiger charge is -2.15. The van der Waals surface area contributed by atoms with Crippen LogP contribution in [0, 0.1) is 5.92 Å². The van der Waals surface area contributed by atoms with E-state index in [1.807, 2.05) is 6.92 Å². The zero-order valence-corrected chi connectivity index (χ0v) is 17.7. The van der Waals surface area contributed by atoms with Crippen LogP contribution >= 0.6 is 0 Å². The molecule has 5 nitrogen and oxygen atoms in total. The summed E-state index contributed by atoms with van der Waals surface area (Å²) in [5.74, 6) is -0.675. The van der Waals surface area contributed by atoms with Crippen LogP contribution in [0.25, 0.3) is 0 Å². The summed E-state index contributed by atoms with van der Waals surface area (Å²) in [5.41, 5.74) is 0.847. The molecule has 1 amide bonds. The van der Waals surface area contributed by atoms with Crippen molar-refractivity contribution < 1.29 is 32.2 Å². The molecular formula is C23H26F3NO4. The zero-order chi connectivity index (χ0) is 23.0. The van der Waals surface area contributed by atoms with Crippen molar-refractivity contribution in [1.29, 1.82) is 0 Å². The number of nitrogens with one attached hydrogen (secondary N) is 1. The van der Waals surface area contributed by atoms with Crippen LogP contribution in [0.4, 0.5) is 13.2 Å². The highest BCUT2D eigenvalue weighted by atomic mass is 19.4. The van der Waals surface area contributed by atoms with Gasteiger partial charge in [0.05, 0.1) is 30.8 Å². The Bertz CT molecular complexity index is 895. The van der Waals surface area contributed by atoms with Crippen molar-refractivity contribution in [1.82, 2.24) is 5.32 Å². The average molecular weight is 437 g/mol. The van der Waals surface area contributed by atoms with Gasteiger partial charge < -0.3 is 14.8 Å². The third-order valence-corrected chi connectivity index (χ3v) is 4.84. The Morgan fingerprint density at radius 1 is 1.03 bits per heavy atom. The van der Waals surface area contributed by atoms with Crippen LogP contribution in [0.15, 0.2) is 42.5 Å². The van der Waals surface area contributed by atoms with Crippen molar-refractivity contribution in [3.05, 3.63) is 64.7 Å². The standard InChI is InChI=1S/C23H26F3NO4/c1-4-17(22(29)31-5-2)12-16-8-11-20(30-3)19(13-16)21(28)27-14-15-6-9-18(10-7-15)23(24,25)26/h6-11,13,17H,4-5,12,14H2,1-3H3,(H,27,28). The number of amides is 1. The van der Waals surface area contributed by atoms with Gasteiger partial charge in [-0.05, 0) is 55.2 Å². The highest BCUT2D eigenvalue weighted by Crippen LogP contribution is 2.29. The lowest BCUT2D eigenvalue weighted by Crippen LogP contribution is -2.24. The van der Waals surface area contributed by atoms with Gasteiger partial charge >= 0.3 is 12.1 Å². The van der Waals surface area contributed by atoms with Gasteiger partial charge in [0.25, 0.3) is 5.91 Å². The largest absolute Gasteiger partial charge is 0.496 e. The average Bonchev–Trinajstić information content (AvgIpc) is 2.75. The van der Waals surface area contributed by atoms with E-state index in [-0.39, 0.29) is 24.0 Å². The van der Waals surface area contributed by atoms with Crippen LogP contribution in [0.2, 0.25) is 0 Å². The number of methoxy groups -OCH3 is 1. The fourth-order valence-electron chi connectivity index (χ4n) is 3.09. The summed E-state index contributed by atoms with van der Waals surface area (Å²) in [7, 11) is 1.44. The van der Waals surface area contributed by atoms with Crippen molar-refractivity contribution in [2.24, 2.45) is 5.92 Å². The summed E-state index contributed by atoms with van der Waals surface area (Å²) in [6, 6.07) is 9.69. The molecule has 8 heteroatoms. The van der Waals surface area contributed by atoms with Crippen molar-refractivity contribution in [3.63, 3.8) is 0 Å². The first kappa shape index (κ1) is 24.2. The van der Waals surface area contributed by atoms with Crippen molar-refractivity contribution in [3.8, 4) is 5.75 Å². The summed E-state index contributed by atoms with van der Waals surface area (Å²) >= 11 is 0. The van der Waals surface area contributed by atoms with Crippen molar-refractivity contribution in [2.75, 3.05) is 13.7 Å². The topological polar surface area (TPSA) is 64.6 Å². The van der Waals surface area contributed by atoms with Gasteiger partial charge in [-0.2, -0.15) is 13.2 Å². The lowest BCUT2D eigenvalue weighted by atomic mass is 9.95. The first-order chi connectivity index (χ1) is 14.7. The molecule has 2 aromatic rings. The minimum atomic E-state index is -4.41. The number of halogens is 3. The van der Waals surface area contributed by atoms with Gasteiger partial charge in [-0.3, -0.25) is 9.59 Å². The van der Waals surface area contributed by atoms with Crippen LogP contribution < -0.4 is 10.1 Å². The van der Waals surface area contributed by atoms with Crippen LogP contribution in [0.3, 0.4) is 0 Å². The third-order valence-electron chi connectivity index (χ3n) is 4.84. The van der Waals surface area contributed by atoms with E-state index in [1.54, 1.807) is 25.1 Å². The molecule has 0 saturated carbocycles. The minimum absolute atomic E-state index is 0.0603. The SMILES string of the molecule is CCOC(=O)C(CC)Cc1ccc(OC)c(C(=O)NCc2ccc(C(F)(F)F)cc2)c1. The Morgan fingerprint density at radius 3 is 2.23 bits per heavy atom. The Balaban J connectivity index is 2.12. The molecule has 31 heavy (non-hydrogen) atoms. The Labute approximate surface area is 179 Å². The van der Waals surface area contributed by atoms with Gasteiger partial charge in [0.1, 0.15) is 5.75 Å². The van der Waals surface area contributed by atoms with Crippen LogP contribution in [-0.4, -0.2) is 25.6 Å². The molecule has 0 fully saturated rings. The van der Waals surface area contributed by atoms with Gasteiger partial charge in [0.2, 0.25) is 0 Å². The molecule has 2 aromatic carbocycles. The van der Waals surface area contributed by atoms with Crippen molar-refractivity contribution in [2.45, 2.75) is 39.4 Å². The molecule has 0 saturated heterocycles. The molecule has 0 aliphatic heterocycles. The normalized spacial score (nSPS) is 12.2. The van der Waals surface area contributed by atoms with Gasteiger partial charge in [0.15, 0.2) is 0 Å². The molecule has 0 spiro atoms. The van der Waals surface area contributed by atoms with E-state index in [0.717, 1.165) is 17.7 Å². The van der Waals surface area contributed by atoms with Crippen LogP contribution in [0.5, 0.6) is 5.75 Å². The van der Waals surface area contributed by atoms with E-state index in [2.05, 4.69) is 5.32 Å². The van der Waals surface area contributed by atoms with E-state index < -0.39 is 17.6 Å². The smallest absolute Gasteiger partial charge is 0.416 e. The highest BCUT2D eigenvalue weighted by Gasteiger charge is 2.30. The first-order valence-corrected chi connectivity index (χ1v) is 9.97. The maximum absolute atomic E-state index is 12.7. The van der Waals surface area contributed by atoms with E-state index in [0.29, 0.717) is 30.8 Å². The van der Waals surface area contributed by atoms with Crippen LogP contribution in [0.1, 0.15) is 47.3 Å². The first-order valence-electron chi connectivity index (χ1n) is 9.97. The number of hydrogen-bond donors (Lipinski definition) is 1. The van der Waals surface area contributed by atoms with E-state index in [1.165, 1.54) is 19.2 Å². The lowest BCUT2D eigenvalue weighted by molar-refractivity contribution is -0.148. The summed E-state index contributed by atoms with van der Waals surface area (Å²) in [5, 5.41) is 2.69. The summed E-state index contributed by atoms with van der Waals surface area (Å²) in [6.07, 6.45) is -3.39. The quantitative estimate of drug-likeness (QED) is 0.574. The predicted molar refractivity (Wildman–Crippen MR) is 110 cm³/mol. The zero-order valence-electron chi connectivity index (χ0n) is 17.7. The number of carbonyl (C=O) groups is 2. The maximum Gasteiger partial charge on any atom is 0.416 e. The third kappa shape index (κ3) is 6.73. The number of rotatable bonds is 9. The monoisotopic (exact) mass is 437 g/mol. The number of alkyl halides is 3. The number of carbonyl (C=O) groups excluding carboxylic acids is 2. The molecule has 1 atom stereocenters. The molecule has 1 unspecified atom stereocenters. The summed E-state index contributed by atoms with van der Waals surface area (Å²) in [6.45, 7) is 4.00. The molecule has 0 heterocycles. The highest BCUT2D eigenvalue weighted by molar-refractivity contribution is 5.97. The molecule has 0 aliphatic carbocycles.